The number of hydrogen-bond donors (Lipinski definition) is 1. The van der Waals surface area contributed by atoms with Gasteiger partial charge >= 0.3 is 0 Å². The van der Waals surface area contributed by atoms with Gasteiger partial charge in [0.05, 0.1) is 12.2 Å². The summed E-state index contributed by atoms with van der Waals surface area (Å²) in [7, 11) is 1.88. The summed E-state index contributed by atoms with van der Waals surface area (Å²) in [6.07, 6.45) is 1.82. The predicted molar refractivity (Wildman–Crippen MR) is 89.6 cm³/mol. The van der Waals surface area contributed by atoms with Gasteiger partial charge in [-0.25, -0.2) is 13.2 Å². The zero-order valence-electron chi connectivity index (χ0n) is 13.9. The van der Waals surface area contributed by atoms with E-state index in [4.69, 9.17) is 4.94 Å². The first-order valence-electron chi connectivity index (χ1n) is 8.20. The van der Waals surface area contributed by atoms with Crippen LogP contribution >= 0.6 is 0 Å². The van der Waals surface area contributed by atoms with E-state index in [2.05, 4.69) is 5.32 Å². The van der Waals surface area contributed by atoms with Gasteiger partial charge in [-0.15, -0.1) is 0 Å². The molecule has 0 aromatic heterocycles. The molecule has 1 heterocycles. The highest BCUT2D eigenvalue weighted by Gasteiger charge is 2.29. The van der Waals surface area contributed by atoms with E-state index in [1.54, 1.807) is 17.2 Å². The molecular weight excluding hydrogens is 331 g/mol. The molecule has 0 bridgehead atoms. The standard InChI is InChI=1S/C18H20F3N3O/c1-22-8-4-5-9-23-12-13-6-2-3-7-17(13)24(25-23)18-15(20)10-14(19)11-16(18)21/h2-3,6-7,10-11,22H,4-5,8-9,12H2,1H3. The van der Waals surface area contributed by atoms with Crippen LogP contribution in [0.4, 0.5) is 24.5 Å². The maximum absolute atomic E-state index is 14.2. The van der Waals surface area contributed by atoms with Gasteiger partial charge in [-0.3, -0.25) is 0 Å². The summed E-state index contributed by atoms with van der Waals surface area (Å²) in [5.41, 5.74) is 0.998. The molecule has 0 fully saturated rings. The van der Waals surface area contributed by atoms with Crippen molar-refractivity contribution in [2.45, 2.75) is 19.4 Å². The third kappa shape index (κ3) is 3.95. The molecule has 1 aliphatic heterocycles. The normalized spacial score (nSPS) is 14.6. The Morgan fingerprint density at radius 3 is 2.52 bits per heavy atom. The van der Waals surface area contributed by atoms with Crippen LogP contribution < -0.4 is 10.4 Å². The maximum Gasteiger partial charge on any atom is 0.155 e. The monoisotopic (exact) mass is 351 g/mol. The molecule has 25 heavy (non-hydrogen) atoms. The SMILES string of the molecule is CNCCCCN1Cc2ccccc2N(c2c(F)cc(F)cc2F)O1. The van der Waals surface area contributed by atoms with Crippen LogP contribution in [0, 0.1) is 17.5 Å². The Hall–Kier alpha value is -2.09. The second-order valence-electron chi connectivity index (χ2n) is 5.90. The molecule has 0 saturated carbocycles. The lowest BCUT2D eigenvalue weighted by molar-refractivity contribution is -0.177. The van der Waals surface area contributed by atoms with Crippen molar-refractivity contribution >= 4 is 11.4 Å². The summed E-state index contributed by atoms with van der Waals surface area (Å²) in [4.78, 5) is 5.72. The first kappa shape index (κ1) is 17.7. The number of hydrogen-bond acceptors (Lipinski definition) is 4. The molecule has 3 rings (SSSR count). The summed E-state index contributed by atoms with van der Waals surface area (Å²) in [6, 6.07) is 8.52. The van der Waals surface area contributed by atoms with Crippen LogP contribution in [0.1, 0.15) is 18.4 Å². The van der Waals surface area contributed by atoms with Gasteiger partial charge in [-0.2, -0.15) is 15.1 Å². The second kappa shape index (κ2) is 7.86. The fourth-order valence-electron chi connectivity index (χ4n) is 2.82. The van der Waals surface area contributed by atoms with Crippen molar-refractivity contribution in [1.29, 1.82) is 0 Å². The Morgan fingerprint density at radius 2 is 1.80 bits per heavy atom. The number of nitrogens with zero attached hydrogens (tertiary/aromatic N) is 2. The van der Waals surface area contributed by atoms with Crippen LogP contribution in [0.2, 0.25) is 0 Å². The molecule has 0 aliphatic carbocycles. The van der Waals surface area contributed by atoms with Gasteiger partial charge in [0, 0.05) is 18.7 Å². The largest absolute Gasteiger partial charge is 0.320 e. The number of benzene rings is 2. The summed E-state index contributed by atoms with van der Waals surface area (Å²) >= 11 is 0. The van der Waals surface area contributed by atoms with Crippen molar-refractivity contribution < 1.29 is 18.1 Å². The van der Waals surface area contributed by atoms with Crippen molar-refractivity contribution in [3.05, 3.63) is 59.4 Å². The number of nitrogens with one attached hydrogen (secondary N) is 1. The van der Waals surface area contributed by atoms with E-state index in [1.807, 2.05) is 19.2 Å². The number of halogens is 3. The van der Waals surface area contributed by atoms with E-state index in [1.165, 1.54) is 0 Å². The molecule has 0 atom stereocenters. The Kier molecular flexibility index (Phi) is 5.57. The highest BCUT2D eigenvalue weighted by Crippen LogP contribution is 2.37. The Morgan fingerprint density at radius 1 is 1.08 bits per heavy atom. The zero-order valence-corrected chi connectivity index (χ0v) is 13.9. The van der Waals surface area contributed by atoms with Crippen LogP contribution in [-0.4, -0.2) is 25.2 Å². The van der Waals surface area contributed by atoms with E-state index in [0.717, 1.165) is 30.0 Å². The maximum atomic E-state index is 14.2. The molecule has 7 heteroatoms. The fourth-order valence-corrected chi connectivity index (χ4v) is 2.82. The van der Waals surface area contributed by atoms with E-state index >= 15 is 0 Å². The Bertz CT molecular complexity index is 718. The minimum atomic E-state index is -1.01. The number of fused-ring (bicyclic) bond motifs is 1. The molecular formula is C18H20F3N3O. The van der Waals surface area contributed by atoms with E-state index < -0.39 is 23.1 Å². The second-order valence-corrected chi connectivity index (χ2v) is 5.90. The topological polar surface area (TPSA) is 27.7 Å². The third-order valence-corrected chi connectivity index (χ3v) is 4.02. The molecule has 0 saturated heterocycles. The van der Waals surface area contributed by atoms with Crippen LogP contribution in [-0.2, 0) is 11.5 Å². The van der Waals surface area contributed by atoms with Crippen molar-refractivity contribution in [2.75, 3.05) is 25.2 Å². The molecule has 0 unspecified atom stereocenters. The summed E-state index contributed by atoms with van der Waals surface area (Å²) in [5, 5.41) is 5.82. The van der Waals surface area contributed by atoms with Gasteiger partial charge in [0.25, 0.3) is 0 Å². The van der Waals surface area contributed by atoms with Gasteiger partial charge in [0.1, 0.15) is 11.5 Å². The average Bonchev–Trinajstić information content (AvgIpc) is 2.58. The van der Waals surface area contributed by atoms with Crippen molar-refractivity contribution in [1.82, 2.24) is 10.4 Å². The molecule has 134 valence electrons. The number of unbranched alkanes of at least 4 members (excludes halogenated alkanes) is 1. The minimum Gasteiger partial charge on any atom is -0.320 e. The quantitative estimate of drug-likeness (QED) is 0.799. The smallest absolute Gasteiger partial charge is 0.155 e. The summed E-state index contributed by atoms with van der Waals surface area (Å²) in [5.74, 6) is -2.98. The van der Waals surface area contributed by atoms with Gasteiger partial charge in [0.2, 0.25) is 0 Å². The van der Waals surface area contributed by atoms with Gasteiger partial charge in [-0.1, -0.05) is 18.2 Å². The molecule has 0 radical (unpaired) electrons. The van der Waals surface area contributed by atoms with Gasteiger partial charge in [0.15, 0.2) is 11.6 Å². The predicted octanol–water partition coefficient (Wildman–Crippen LogP) is 3.90. The number of rotatable bonds is 6. The Labute approximate surface area is 144 Å². The highest BCUT2D eigenvalue weighted by atomic mass is 19.1. The van der Waals surface area contributed by atoms with Gasteiger partial charge < -0.3 is 5.32 Å². The molecule has 2 aromatic carbocycles. The van der Waals surface area contributed by atoms with Gasteiger partial charge in [-0.05, 0) is 38.1 Å². The molecule has 0 amide bonds. The first-order chi connectivity index (χ1) is 12.1. The number of para-hydroxylation sites is 1. The van der Waals surface area contributed by atoms with Crippen LogP contribution in [0.15, 0.2) is 36.4 Å². The molecule has 0 spiro atoms. The molecule has 1 aliphatic rings. The van der Waals surface area contributed by atoms with Crippen molar-refractivity contribution in [2.24, 2.45) is 0 Å². The Balaban J connectivity index is 1.89. The van der Waals surface area contributed by atoms with Crippen LogP contribution in [0.25, 0.3) is 0 Å². The minimum absolute atomic E-state index is 0.422. The lowest BCUT2D eigenvalue weighted by Gasteiger charge is -2.36. The molecule has 4 nitrogen and oxygen atoms in total. The van der Waals surface area contributed by atoms with Crippen LogP contribution in [0.3, 0.4) is 0 Å². The third-order valence-electron chi connectivity index (χ3n) is 4.02. The van der Waals surface area contributed by atoms with Crippen molar-refractivity contribution in [3.8, 4) is 0 Å². The van der Waals surface area contributed by atoms with Crippen molar-refractivity contribution in [3.63, 3.8) is 0 Å². The van der Waals surface area contributed by atoms with E-state index in [-0.39, 0.29) is 0 Å². The summed E-state index contributed by atoms with van der Waals surface area (Å²) in [6.45, 7) is 2.00. The number of hydroxylamine groups is 2. The zero-order chi connectivity index (χ0) is 17.8. The first-order valence-corrected chi connectivity index (χ1v) is 8.20. The lowest BCUT2D eigenvalue weighted by atomic mass is 10.1. The highest BCUT2D eigenvalue weighted by molar-refractivity contribution is 5.65. The average molecular weight is 351 g/mol. The molecule has 2 aromatic rings. The fraction of sp³-hybridized carbons (Fsp3) is 0.333. The van der Waals surface area contributed by atoms with Crippen LogP contribution in [0.5, 0.6) is 0 Å². The van der Waals surface area contributed by atoms with E-state index in [0.29, 0.717) is 30.9 Å². The van der Waals surface area contributed by atoms with E-state index in [9.17, 15) is 13.2 Å². The summed E-state index contributed by atoms with van der Waals surface area (Å²) < 4.78 is 41.7. The lowest BCUT2D eigenvalue weighted by Crippen LogP contribution is -2.38. The number of anilines is 2. The molecule has 1 N–H and O–H groups in total.